The molecule has 3 aromatic rings. The second kappa shape index (κ2) is 10.9. The minimum Gasteiger partial charge on any atom is -0.442 e. The molecule has 2 N–H and O–H groups in total. The molecule has 0 unspecified atom stereocenters. The highest BCUT2D eigenvalue weighted by molar-refractivity contribution is 5.90. The number of halogens is 1. The van der Waals surface area contributed by atoms with Crippen LogP contribution >= 0.6 is 0 Å². The Labute approximate surface area is 198 Å². The smallest absolute Gasteiger partial charge is 0.414 e. The Bertz CT molecular complexity index is 1140. The van der Waals surface area contributed by atoms with Crippen molar-refractivity contribution < 1.29 is 18.7 Å². The van der Waals surface area contributed by atoms with E-state index >= 15 is 0 Å². The number of nitrogens with zero attached hydrogens (tertiary/aromatic N) is 2. The highest BCUT2D eigenvalue weighted by Crippen LogP contribution is 2.29. The Morgan fingerprint density at radius 3 is 2.71 bits per heavy atom. The number of amides is 2. The number of carbonyl (C=O) groups is 2. The standard InChI is InChI=1S/C26H27FN4O3/c1-18(32)30-16-23-17-31(26(33)34-23)22-9-10-24(25(27)14-22)20-7-5-19(6-8-20)15-28-13-11-21-4-2-3-12-29-21/h2-10,12,14,23,28H,11,13,15-17H2,1H3,(H,30,32)/t23-/m0/s1. The van der Waals surface area contributed by atoms with Gasteiger partial charge in [0.25, 0.3) is 0 Å². The monoisotopic (exact) mass is 462 g/mol. The molecule has 34 heavy (non-hydrogen) atoms. The molecule has 2 heterocycles. The van der Waals surface area contributed by atoms with Crippen molar-refractivity contribution in [3.63, 3.8) is 0 Å². The lowest BCUT2D eigenvalue weighted by atomic mass is 10.0. The van der Waals surface area contributed by atoms with Gasteiger partial charge >= 0.3 is 6.09 Å². The van der Waals surface area contributed by atoms with Gasteiger partial charge in [0.1, 0.15) is 11.9 Å². The zero-order chi connectivity index (χ0) is 23.9. The molecule has 7 nitrogen and oxygen atoms in total. The number of anilines is 1. The number of hydrogen-bond donors (Lipinski definition) is 2. The highest BCUT2D eigenvalue weighted by Gasteiger charge is 2.32. The van der Waals surface area contributed by atoms with Crippen LogP contribution in [0.3, 0.4) is 0 Å². The van der Waals surface area contributed by atoms with Crippen LogP contribution in [-0.2, 0) is 22.5 Å². The molecule has 8 heteroatoms. The number of rotatable bonds is 9. The molecule has 4 rings (SSSR count). The predicted octanol–water partition coefficient (Wildman–Crippen LogP) is 3.68. The van der Waals surface area contributed by atoms with Gasteiger partial charge in [-0.05, 0) is 41.5 Å². The molecule has 0 bridgehead atoms. The lowest BCUT2D eigenvalue weighted by Crippen LogP contribution is -2.33. The van der Waals surface area contributed by atoms with Gasteiger partial charge in [-0.15, -0.1) is 0 Å². The van der Waals surface area contributed by atoms with E-state index in [4.69, 9.17) is 4.74 Å². The van der Waals surface area contributed by atoms with E-state index in [0.717, 1.165) is 29.8 Å². The zero-order valence-electron chi connectivity index (χ0n) is 19.0. The number of nitrogens with one attached hydrogen (secondary N) is 2. The summed E-state index contributed by atoms with van der Waals surface area (Å²) >= 11 is 0. The van der Waals surface area contributed by atoms with E-state index in [-0.39, 0.29) is 19.0 Å². The summed E-state index contributed by atoms with van der Waals surface area (Å²) in [5, 5.41) is 6.02. The molecule has 1 aliphatic rings. The van der Waals surface area contributed by atoms with Crippen LogP contribution in [0.5, 0.6) is 0 Å². The number of aromatic nitrogens is 1. The van der Waals surface area contributed by atoms with E-state index in [2.05, 4.69) is 15.6 Å². The van der Waals surface area contributed by atoms with E-state index in [1.54, 1.807) is 18.3 Å². The maximum atomic E-state index is 14.9. The van der Waals surface area contributed by atoms with Crippen LogP contribution in [0, 0.1) is 5.82 Å². The first-order valence-electron chi connectivity index (χ1n) is 11.2. The lowest BCUT2D eigenvalue weighted by Gasteiger charge is -2.15. The predicted molar refractivity (Wildman–Crippen MR) is 128 cm³/mol. The largest absolute Gasteiger partial charge is 0.442 e. The third kappa shape index (κ3) is 5.96. The fourth-order valence-corrected chi connectivity index (χ4v) is 3.80. The summed E-state index contributed by atoms with van der Waals surface area (Å²) < 4.78 is 20.2. The van der Waals surface area contributed by atoms with Gasteiger partial charge in [0.15, 0.2) is 0 Å². The molecule has 2 aromatic carbocycles. The Balaban J connectivity index is 1.33. The van der Waals surface area contributed by atoms with E-state index in [0.29, 0.717) is 17.8 Å². The molecule has 176 valence electrons. The van der Waals surface area contributed by atoms with Gasteiger partial charge in [-0.25, -0.2) is 9.18 Å². The van der Waals surface area contributed by atoms with Gasteiger partial charge in [0.2, 0.25) is 5.91 Å². The first-order chi connectivity index (χ1) is 16.5. The average molecular weight is 463 g/mol. The highest BCUT2D eigenvalue weighted by atomic mass is 19.1. The quantitative estimate of drug-likeness (QED) is 0.474. The van der Waals surface area contributed by atoms with Crippen LogP contribution in [0.1, 0.15) is 18.2 Å². The van der Waals surface area contributed by atoms with Crippen LogP contribution in [0.15, 0.2) is 66.9 Å². The van der Waals surface area contributed by atoms with Crippen molar-refractivity contribution in [2.75, 3.05) is 24.5 Å². The van der Waals surface area contributed by atoms with Gasteiger partial charge in [0.05, 0.1) is 18.8 Å². The van der Waals surface area contributed by atoms with E-state index in [9.17, 15) is 14.0 Å². The molecule has 1 saturated heterocycles. The molecule has 0 spiro atoms. The molecule has 2 amide bonds. The summed E-state index contributed by atoms with van der Waals surface area (Å²) in [6.45, 7) is 3.41. The second-order valence-electron chi connectivity index (χ2n) is 8.16. The van der Waals surface area contributed by atoms with E-state index < -0.39 is 18.0 Å². The van der Waals surface area contributed by atoms with Crippen molar-refractivity contribution in [3.8, 4) is 11.1 Å². The van der Waals surface area contributed by atoms with Gasteiger partial charge < -0.3 is 15.4 Å². The minimum atomic E-state index is -0.553. The number of cyclic esters (lactones) is 1. The van der Waals surface area contributed by atoms with Crippen LogP contribution in [0.2, 0.25) is 0 Å². The van der Waals surface area contributed by atoms with Crippen LogP contribution in [-0.4, -0.2) is 42.7 Å². The van der Waals surface area contributed by atoms with Crippen LogP contribution in [0.25, 0.3) is 11.1 Å². The maximum absolute atomic E-state index is 14.9. The number of pyridine rings is 1. The van der Waals surface area contributed by atoms with Crippen LogP contribution < -0.4 is 15.5 Å². The van der Waals surface area contributed by atoms with Crippen molar-refractivity contribution >= 4 is 17.7 Å². The topological polar surface area (TPSA) is 83.6 Å². The molecule has 0 saturated carbocycles. The third-order valence-corrected chi connectivity index (χ3v) is 5.60. The maximum Gasteiger partial charge on any atom is 0.414 e. The Morgan fingerprint density at radius 1 is 1.18 bits per heavy atom. The first kappa shape index (κ1) is 23.4. The van der Waals surface area contributed by atoms with Crippen molar-refractivity contribution in [1.29, 1.82) is 0 Å². The third-order valence-electron chi connectivity index (χ3n) is 5.60. The van der Waals surface area contributed by atoms with E-state index in [1.807, 2.05) is 42.5 Å². The number of ether oxygens (including phenoxy) is 1. The Morgan fingerprint density at radius 2 is 2.00 bits per heavy atom. The average Bonchev–Trinajstić information content (AvgIpc) is 3.22. The minimum absolute atomic E-state index is 0.198. The number of carbonyl (C=O) groups excluding carboxylic acids is 2. The van der Waals surface area contributed by atoms with Crippen LogP contribution in [0.4, 0.5) is 14.9 Å². The van der Waals surface area contributed by atoms with Crippen molar-refractivity contribution in [1.82, 2.24) is 15.6 Å². The first-order valence-corrected chi connectivity index (χ1v) is 11.2. The molecule has 0 aliphatic carbocycles. The number of benzene rings is 2. The molecular formula is C26H27FN4O3. The Kier molecular flexibility index (Phi) is 7.49. The fraction of sp³-hybridized carbons (Fsp3) is 0.269. The number of hydrogen-bond acceptors (Lipinski definition) is 5. The summed E-state index contributed by atoms with van der Waals surface area (Å²) in [5.74, 6) is -0.618. The van der Waals surface area contributed by atoms with Crippen molar-refractivity contribution in [3.05, 3.63) is 83.9 Å². The van der Waals surface area contributed by atoms with Crippen molar-refractivity contribution in [2.45, 2.75) is 26.0 Å². The summed E-state index contributed by atoms with van der Waals surface area (Å²) in [4.78, 5) is 28.9. The van der Waals surface area contributed by atoms with Gasteiger partial charge in [-0.3, -0.25) is 14.7 Å². The SMILES string of the molecule is CC(=O)NC[C@H]1CN(c2ccc(-c3ccc(CNCCc4ccccn4)cc3)c(F)c2)C(=O)O1. The Hall–Kier alpha value is -3.78. The molecule has 1 fully saturated rings. The summed E-state index contributed by atoms with van der Waals surface area (Å²) in [6.07, 6.45) is 1.63. The van der Waals surface area contributed by atoms with Gasteiger partial charge in [-0.1, -0.05) is 30.3 Å². The molecule has 0 radical (unpaired) electrons. The molecule has 1 aromatic heterocycles. The van der Waals surface area contributed by atoms with Gasteiger partial charge in [-0.2, -0.15) is 0 Å². The summed E-state index contributed by atoms with van der Waals surface area (Å²) in [5.41, 5.74) is 3.79. The van der Waals surface area contributed by atoms with Gasteiger partial charge in [0, 0.05) is 43.9 Å². The second-order valence-corrected chi connectivity index (χ2v) is 8.16. The zero-order valence-corrected chi connectivity index (χ0v) is 19.0. The molecular weight excluding hydrogens is 435 g/mol. The van der Waals surface area contributed by atoms with E-state index in [1.165, 1.54) is 17.9 Å². The lowest BCUT2D eigenvalue weighted by molar-refractivity contribution is -0.119. The van der Waals surface area contributed by atoms with Crippen molar-refractivity contribution in [2.24, 2.45) is 0 Å². The summed E-state index contributed by atoms with van der Waals surface area (Å²) in [6, 6.07) is 18.3. The summed E-state index contributed by atoms with van der Waals surface area (Å²) in [7, 11) is 0. The molecule has 1 atom stereocenters. The molecule has 1 aliphatic heterocycles. The fourth-order valence-electron chi connectivity index (χ4n) is 3.80. The normalized spacial score (nSPS) is 15.3.